The summed E-state index contributed by atoms with van der Waals surface area (Å²) in [5, 5.41) is 54.9. The first kappa shape index (κ1) is 31.4. The lowest BCUT2D eigenvalue weighted by atomic mass is 10.0. The van der Waals surface area contributed by atoms with Crippen LogP contribution in [0.4, 0.5) is 0 Å². The smallest absolute Gasteiger partial charge is 0.394 e. The molecule has 1 unspecified atom stereocenters. The molecule has 0 amide bonds. The minimum absolute atomic E-state index is 0.100. The first-order valence-corrected chi connectivity index (χ1v) is 13.3. The number of aromatic nitrogens is 2. The van der Waals surface area contributed by atoms with E-state index < -0.39 is 87.9 Å². The van der Waals surface area contributed by atoms with Crippen LogP contribution >= 0.6 is 15.4 Å². The lowest BCUT2D eigenvalue weighted by Crippen LogP contribution is -2.58. The number of aliphatic hydroxyl groups excluding tert-OH is 5. The van der Waals surface area contributed by atoms with Gasteiger partial charge in [-0.25, -0.2) is 14.2 Å². The monoisotopic (exact) mass is 580 g/mol. The Kier molecular flexibility index (Phi) is 9.76. The van der Waals surface area contributed by atoms with E-state index in [2.05, 4.69) is 9.05 Å². The van der Waals surface area contributed by atoms with Gasteiger partial charge in [0, 0.05) is 18.2 Å². The maximum Gasteiger partial charge on any atom is 0.527 e. The molecule has 21 heteroatoms. The average Bonchev–Trinajstić information content (AvgIpc) is 3.16. The highest BCUT2D eigenvalue weighted by atomic mass is 31.2. The van der Waals surface area contributed by atoms with Gasteiger partial charge in [0.05, 0.1) is 19.3 Å². The molecule has 2 rings (SSSR count). The summed E-state index contributed by atoms with van der Waals surface area (Å²) >= 11 is 0. The number of nitrogens with one attached hydrogen (secondary N) is 1. The van der Waals surface area contributed by atoms with Gasteiger partial charge < -0.3 is 49.3 Å². The lowest BCUT2D eigenvalue weighted by molar-refractivity contribution is -0.175. The third-order valence-corrected chi connectivity index (χ3v) is 7.54. The Hall–Kier alpha value is -1.83. The van der Waals surface area contributed by atoms with Crippen LogP contribution in [0.2, 0.25) is 0 Å². The van der Waals surface area contributed by atoms with Gasteiger partial charge in [-0.15, -0.1) is 0 Å². The summed E-state index contributed by atoms with van der Waals surface area (Å²) in [6.07, 6.45) is -11.8. The molecule has 1 aliphatic heterocycles. The van der Waals surface area contributed by atoms with Crippen molar-refractivity contribution >= 4 is 21.4 Å². The molecular weight excluding hydrogens is 554 g/mol. The van der Waals surface area contributed by atoms with E-state index in [0.717, 1.165) is 10.8 Å². The molecule has 1 aliphatic rings. The average molecular weight is 580 g/mol. The number of aryl methyl sites for hydroxylation is 1. The molecule has 8 atom stereocenters. The van der Waals surface area contributed by atoms with Crippen molar-refractivity contribution in [1.82, 2.24) is 9.55 Å². The Balaban J connectivity index is 2.31. The van der Waals surface area contributed by atoms with Gasteiger partial charge in [0.25, 0.3) is 10.9 Å². The van der Waals surface area contributed by atoms with Crippen LogP contribution in [0.25, 0.3) is 0 Å². The van der Waals surface area contributed by atoms with E-state index in [1.807, 2.05) is 4.98 Å². The van der Waals surface area contributed by atoms with Crippen LogP contribution in [-0.4, -0.2) is 110 Å². The molecule has 1 saturated heterocycles. The van der Waals surface area contributed by atoms with Gasteiger partial charge in [-0.3, -0.25) is 28.7 Å². The maximum absolute atomic E-state index is 12.9. The SMILES string of the molecule is Cc1cn([C@H]2C[C@H](O)[C@@H](COP(=O)(O)[C@](O)(C(=O)OP(=O)(O)O)[C@@H](O)[C@H](O)[C@H](O)CO)O2)c(=O)[nH]c1=O. The second-order valence-electron chi connectivity index (χ2n) is 8.01. The van der Waals surface area contributed by atoms with Crippen molar-refractivity contribution in [3.05, 3.63) is 32.6 Å². The number of phosphoric ester groups is 1. The number of carbonyl (C=O) groups excluding carboxylic acids is 1. The number of phosphoric acid groups is 1. The number of aliphatic hydroxyl groups is 6. The van der Waals surface area contributed by atoms with E-state index in [1.165, 1.54) is 6.92 Å². The summed E-state index contributed by atoms with van der Waals surface area (Å²) in [5.41, 5.74) is -1.51. The number of ether oxygens (including phenoxy) is 1. The topological polar surface area (TPSA) is 316 Å². The summed E-state index contributed by atoms with van der Waals surface area (Å²) in [5.74, 6) is -2.65. The molecule has 0 aromatic carbocycles. The fourth-order valence-corrected chi connectivity index (χ4v) is 4.98. The second-order valence-corrected chi connectivity index (χ2v) is 11.2. The molecule has 19 nitrogen and oxygen atoms in total. The summed E-state index contributed by atoms with van der Waals surface area (Å²) in [6, 6.07) is 0. The highest BCUT2D eigenvalue weighted by Gasteiger charge is 2.64. The minimum Gasteiger partial charge on any atom is -0.394 e. The van der Waals surface area contributed by atoms with E-state index >= 15 is 0 Å². The van der Waals surface area contributed by atoms with Crippen LogP contribution in [0, 0.1) is 6.92 Å². The van der Waals surface area contributed by atoms with Gasteiger partial charge in [0.1, 0.15) is 30.6 Å². The second kappa shape index (κ2) is 11.5. The molecule has 1 aromatic heterocycles. The van der Waals surface area contributed by atoms with Crippen molar-refractivity contribution in [2.75, 3.05) is 13.2 Å². The largest absolute Gasteiger partial charge is 0.527 e. The minimum atomic E-state index is -6.08. The van der Waals surface area contributed by atoms with Gasteiger partial charge in [0.2, 0.25) is 0 Å². The van der Waals surface area contributed by atoms with Gasteiger partial charge in [-0.2, -0.15) is 0 Å². The Bertz CT molecular complexity index is 1190. The summed E-state index contributed by atoms with van der Waals surface area (Å²) in [6.45, 7) is -1.08. The Labute approximate surface area is 205 Å². The first-order valence-electron chi connectivity index (χ1n) is 10.2. The van der Waals surface area contributed by atoms with Crippen molar-refractivity contribution < 1.29 is 73.0 Å². The lowest BCUT2D eigenvalue weighted by Gasteiger charge is -2.36. The van der Waals surface area contributed by atoms with Crippen molar-refractivity contribution in [2.45, 2.75) is 55.4 Å². The van der Waals surface area contributed by atoms with Crippen molar-refractivity contribution in [1.29, 1.82) is 0 Å². The Morgan fingerprint density at radius 1 is 1.27 bits per heavy atom. The van der Waals surface area contributed by atoms with Gasteiger partial charge >= 0.3 is 27.1 Å². The molecule has 0 spiro atoms. The van der Waals surface area contributed by atoms with Crippen LogP contribution in [0.5, 0.6) is 0 Å². The van der Waals surface area contributed by atoms with Crippen molar-refractivity contribution in [3.63, 3.8) is 0 Å². The molecule has 212 valence electrons. The maximum atomic E-state index is 12.9. The molecule has 0 saturated carbocycles. The molecule has 10 N–H and O–H groups in total. The van der Waals surface area contributed by atoms with Crippen LogP contribution in [0.3, 0.4) is 0 Å². The van der Waals surface area contributed by atoms with Gasteiger partial charge in [-0.1, -0.05) is 0 Å². The molecule has 0 aliphatic carbocycles. The van der Waals surface area contributed by atoms with E-state index in [1.54, 1.807) is 0 Å². The normalized spacial score (nSPS) is 26.1. The van der Waals surface area contributed by atoms with E-state index in [9.17, 15) is 53.9 Å². The van der Waals surface area contributed by atoms with E-state index in [4.69, 9.17) is 19.6 Å². The predicted molar refractivity (Wildman–Crippen MR) is 115 cm³/mol. The molecule has 2 heterocycles. The number of carbonyl (C=O) groups is 1. The Morgan fingerprint density at radius 3 is 2.41 bits per heavy atom. The summed E-state index contributed by atoms with van der Waals surface area (Å²) in [4.78, 5) is 65.8. The molecular formula is C16H26N2O17P2. The number of nitrogens with zero attached hydrogens (tertiary/aromatic N) is 1. The van der Waals surface area contributed by atoms with Gasteiger partial charge in [-0.05, 0) is 6.92 Å². The van der Waals surface area contributed by atoms with Gasteiger partial charge in [0.15, 0.2) is 0 Å². The third-order valence-electron chi connectivity index (χ3n) is 5.32. The number of hydrogen-bond acceptors (Lipinski definition) is 14. The molecule has 37 heavy (non-hydrogen) atoms. The highest BCUT2D eigenvalue weighted by molar-refractivity contribution is 7.56. The number of rotatable bonds is 11. The Morgan fingerprint density at radius 2 is 1.86 bits per heavy atom. The van der Waals surface area contributed by atoms with Crippen LogP contribution in [-0.2, 0) is 27.7 Å². The highest BCUT2D eigenvalue weighted by Crippen LogP contribution is 2.58. The van der Waals surface area contributed by atoms with Crippen LogP contribution in [0.1, 0.15) is 18.2 Å². The standard InChI is InChI=1S/C16H26N2O17P2/c1-6-3-18(15(26)17-13(6)24)10-2-7(20)9(34-10)5-33-36(28,29)16(27,14(25)35-37(30,31)32)12(23)11(22)8(21)4-19/h3,7-12,19-23,27H,2,4-5H2,1H3,(H,28,29)(H,17,24,26)(H2,30,31,32)/t7-,8+,9+,10+,11+,12-,16-/m0/s1. The predicted octanol–water partition coefficient (Wildman–Crippen LogP) is -4.91. The van der Waals surface area contributed by atoms with Crippen molar-refractivity contribution in [3.8, 4) is 0 Å². The molecule has 1 fully saturated rings. The van der Waals surface area contributed by atoms with Crippen LogP contribution < -0.4 is 11.2 Å². The van der Waals surface area contributed by atoms with E-state index in [-0.39, 0.29) is 12.0 Å². The zero-order valence-corrected chi connectivity index (χ0v) is 20.6. The van der Waals surface area contributed by atoms with Crippen LogP contribution in [0.15, 0.2) is 15.8 Å². The fourth-order valence-electron chi connectivity index (χ4n) is 3.24. The third kappa shape index (κ3) is 6.79. The zero-order chi connectivity index (χ0) is 28.5. The summed E-state index contributed by atoms with van der Waals surface area (Å²) in [7, 11) is -11.9. The molecule has 1 aromatic rings. The number of hydrogen-bond donors (Lipinski definition) is 10. The number of aromatic amines is 1. The number of H-pyrrole nitrogens is 1. The first-order chi connectivity index (χ1) is 16.9. The zero-order valence-electron chi connectivity index (χ0n) is 18.8. The summed E-state index contributed by atoms with van der Waals surface area (Å²) < 4.78 is 38.3. The molecule has 0 radical (unpaired) electrons. The van der Waals surface area contributed by atoms with E-state index in [0.29, 0.717) is 0 Å². The molecule has 0 bridgehead atoms. The fraction of sp³-hybridized carbons (Fsp3) is 0.688. The van der Waals surface area contributed by atoms with Crippen molar-refractivity contribution in [2.24, 2.45) is 0 Å². The quantitative estimate of drug-likeness (QED) is 0.110.